The van der Waals surface area contributed by atoms with Crippen molar-refractivity contribution in [2.24, 2.45) is 0 Å². The predicted octanol–water partition coefficient (Wildman–Crippen LogP) is 5.53. The number of benzene rings is 1. The second kappa shape index (κ2) is 10.2. The molecule has 206 valence electrons. The maximum absolute atomic E-state index is 14.5. The predicted molar refractivity (Wildman–Crippen MR) is 142 cm³/mol. The molecule has 39 heavy (non-hydrogen) atoms. The molecule has 4 aromatic rings. The van der Waals surface area contributed by atoms with Gasteiger partial charge in [-0.25, -0.2) is 15.0 Å². The highest BCUT2D eigenvalue weighted by atomic mass is 19.4. The van der Waals surface area contributed by atoms with Crippen molar-refractivity contribution < 1.29 is 23.4 Å². The minimum Gasteiger partial charge on any atom is -0.508 e. The first-order valence-corrected chi connectivity index (χ1v) is 13.0. The van der Waals surface area contributed by atoms with Crippen LogP contribution in [0.2, 0.25) is 0 Å². The number of likely N-dealkylation sites (tertiary alicyclic amines) is 1. The van der Waals surface area contributed by atoms with Gasteiger partial charge in [0.2, 0.25) is 0 Å². The molecule has 0 amide bonds. The number of halogens is 3. The summed E-state index contributed by atoms with van der Waals surface area (Å²) in [7, 11) is 0. The number of pyridine rings is 1. The van der Waals surface area contributed by atoms with Crippen LogP contribution >= 0.6 is 0 Å². The molecule has 1 aliphatic rings. The quantitative estimate of drug-likeness (QED) is 0.273. The molecule has 1 aromatic carbocycles. The SMILES string of the molecule is CC(C)(CC(O)(Cc1cc2nc(CN3CCCC3)ccc2[nH]1)C(F)(F)F)c1cc(-c2cncnc2)ccc1O. The molecule has 10 heteroatoms. The second-order valence-electron chi connectivity index (χ2n) is 11.1. The molecular formula is C29H32F3N5O2. The number of nitrogens with zero attached hydrogens (tertiary/aromatic N) is 4. The Labute approximate surface area is 224 Å². The van der Waals surface area contributed by atoms with Gasteiger partial charge < -0.3 is 15.2 Å². The lowest BCUT2D eigenvalue weighted by atomic mass is 9.72. The van der Waals surface area contributed by atoms with Crippen LogP contribution in [0.5, 0.6) is 5.75 Å². The number of H-pyrrole nitrogens is 1. The fraction of sp³-hybridized carbons (Fsp3) is 0.414. The third kappa shape index (κ3) is 5.77. The van der Waals surface area contributed by atoms with Crippen LogP contribution < -0.4 is 0 Å². The number of rotatable bonds is 8. The monoisotopic (exact) mass is 539 g/mol. The fourth-order valence-corrected chi connectivity index (χ4v) is 5.57. The highest BCUT2D eigenvalue weighted by Crippen LogP contribution is 2.45. The molecule has 3 aromatic heterocycles. The van der Waals surface area contributed by atoms with E-state index >= 15 is 0 Å². The number of fused-ring (bicyclic) bond motifs is 1. The van der Waals surface area contributed by atoms with Gasteiger partial charge in [0.1, 0.15) is 12.1 Å². The lowest BCUT2D eigenvalue weighted by molar-refractivity contribution is -0.266. The maximum Gasteiger partial charge on any atom is 0.417 e. The van der Waals surface area contributed by atoms with Crippen LogP contribution in [-0.4, -0.2) is 59.9 Å². The molecule has 1 unspecified atom stereocenters. The Kier molecular flexibility index (Phi) is 7.11. The van der Waals surface area contributed by atoms with Gasteiger partial charge in [-0.3, -0.25) is 4.90 Å². The van der Waals surface area contributed by atoms with Crippen molar-refractivity contribution in [3.8, 4) is 16.9 Å². The highest BCUT2D eigenvalue weighted by Gasteiger charge is 2.56. The van der Waals surface area contributed by atoms with Crippen LogP contribution in [0.1, 0.15) is 50.1 Å². The van der Waals surface area contributed by atoms with E-state index in [2.05, 4.69) is 24.8 Å². The van der Waals surface area contributed by atoms with E-state index in [1.54, 1.807) is 44.4 Å². The van der Waals surface area contributed by atoms with Crippen LogP contribution in [0, 0.1) is 0 Å². The van der Waals surface area contributed by atoms with Gasteiger partial charge in [0.25, 0.3) is 0 Å². The largest absolute Gasteiger partial charge is 0.508 e. The zero-order chi connectivity index (χ0) is 27.8. The molecule has 0 saturated carbocycles. The van der Waals surface area contributed by atoms with E-state index in [0.29, 0.717) is 28.7 Å². The van der Waals surface area contributed by atoms with E-state index in [4.69, 9.17) is 0 Å². The lowest BCUT2D eigenvalue weighted by Gasteiger charge is -2.38. The third-order valence-corrected chi connectivity index (χ3v) is 7.54. The molecule has 0 bridgehead atoms. The van der Waals surface area contributed by atoms with Crippen molar-refractivity contribution >= 4 is 11.0 Å². The zero-order valence-electron chi connectivity index (χ0n) is 22.0. The standard InChI is InChI=1S/C29H32F3N5O2/c1-27(2,23-11-19(5-8-26(23)38)20-14-33-18-34-15-20)17-28(39,29(30,31)32)13-22-12-25-24(36-22)7-6-21(35-25)16-37-9-3-4-10-37/h5-8,11-12,14-15,18,36,38-39H,3-4,9-10,13,16-17H2,1-2H3. The maximum atomic E-state index is 14.5. The molecule has 5 rings (SSSR count). The molecular weight excluding hydrogens is 507 g/mol. The van der Waals surface area contributed by atoms with Crippen molar-refractivity contribution in [2.45, 2.75) is 63.3 Å². The van der Waals surface area contributed by atoms with E-state index < -0.39 is 30.0 Å². The van der Waals surface area contributed by atoms with Crippen molar-refractivity contribution in [1.29, 1.82) is 0 Å². The molecule has 0 radical (unpaired) electrons. The van der Waals surface area contributed by atoms with Gasteiger partial charge >= 0.3 is 6.18 Å². The Morgan fingerprint density at radius 3 is 2.38 bits per heavy atom. The number of hydrogen-bond donors (Lipinski definition) is 3. The summed E-state index contributed by atoms with van der Waals surface area (Å²) in [6.45, 7) is 5.91. The number of nitrogens with one attached hydrogen (secondary N) is 1. The number of phenols is 1. The van der Waals surface area contributed by atoms with Crippen molar-refractivity contribution in [3.05, 3.63) is 72.1 Å². The lowest BCUT2D eigenvalue weighted by Crippen LogP contribution is -2.50. The summed E-state index contributed by atoms with van der Waals surface area (Å²) < 4.78 is 43.4. The van der Waals surface area contributed by atoms with E-state index in [-0.39, 0.29) is 17.0 Å². The summed E-state index contributed by atoms with van der Waals surface area (Å²) in [4.78, 5) is 17.9. The Bertz CT molecular complexity index is 1450. The molecule has 0 aliphatic carbocycles. The van der Waals surface area contributed by atoms with Crippen molar-refractivity contribution in [2.75, 3.05) is 13.1 Å². The Morgan fingerprint density at radius 2 is 1.69 bits per heavy atom. The highest BCUT2D eigenvalue weighted by molar-refractivity contribution is 5.76. The molecule has 0 spiro atoms. The van der Waals surface area contributed by atoms with Crippen molar-refractivity contribution in [1.82, 2.24) is 24.8 Å². The number of alkyl halides is 3. The minimum absolute atomic E-state index is 0.148. The number of phenolic OH excluding ortho intramolecular Hbond substituents is 1. The smallest absolute Gasteiger partial charge is 0.417 e. The van der Waals surface area contributed by atoms with Crippen LogP contribution in [0.4, 0.5) is 13.2 Å². The Balaban J connectivity index is 1.42. The summed E-state index contributed by atoms with van der Waals surface area (Å²) in [5.74, 6) is -0.148. The Morgan fingerprint density at radius 1 is 0.974 bits per heavy atom. The first kappa shape index (κ1) is 27.1. The molecule has 1 aliphatic heterocycles. The van der Waals surface area contributed by atoms with Gasteiger partial charge in [-0.05, 0) is 73.7 Å². The van der Waals surface area contributed by atoms with Gasteiger partial charge in [-0.1, -0.05) is 19.9 Å². The normalized spacial score (nSPS) is 16.6. The number of aromatic amines is 1. The average Bonchev–Trinajstić information content (AvgIpc) is 3.52. The first-order chi connectivity index (χ1) is 18.4. The fourth-order valence-electron chi connectivity index (χ4n) is 5.57. The Hall–Kier alpha value is -3.50. The number of hydrogen-bond acceptors (Lipinski definition) is 6. The van der Waals surface area contributed by atoms with E-state index in [1.807, 2.05) is 12.1 Å². The van der Waals surface area contributed by atoms with Crippen LogP contribution in [0.3, 0.4) is 0 Å². The summed E-state index contributed by atoms with van der Waals surface area (Å²) >= 11 is 0. The van der Waals surface area contributed by atoms with Gasteiger partial charge in [0.05, 0.1) is 16.7 Å². The van der Waals surface area contributed by atoms with Gasteiger partial charge in [0.15, 0.2) is 5.60 Å². The summed E-state index contributed by atoms with van der Waals surface area (Å²) in [6, 6.07) is 10.0. The van der Waals surface area contributed by atoms with E-state index in [1.165, 1.54) is 12.4 Å². The molecule has 1 fully saturated rings. The zero-order valence-corrected chi connectivity index (χ0v) is 22.0. The number of aliphatic hydroxyl groups is 1. The first-order valence-electron chi connectivity index (χ1n) is 13.0. The van der Waals surface area contributed by atoms with Gasteiger partial charge in [0, 0.05) is 42.2 Å². The third-order valence-electron chi connectivity index (χ3n) is 7.54. The van der Waals surface area contributed by atoms with E-state index in [0.717, 1.165) is 31.6 Å². The molecule has 1 atom stereocenters. The molecule has 4 heterocycles. The van der Waals surface area contributed by atoms with Crippen LogP contribution in [-0.2, 0) is 18.4 Å². The summed E-state index contributed by atoms with van der Waals surface area (Å²) in [6.07, 6.45) is 0.602. The molecule has 3 N–H and O–H groups in total. The van der Waals surface area contributed by atoms with Gasteiger partial charge in [-0.2, -0.15) is 13.2 Å². The van der Waals surface area contributed by atoms with E-state index in [9.17, 15) is 23.4 Å². The van der Waals surface area contributed by atoms with Crippen LogP contribution in [0.25, 0.3) is 22.2 Å². The average molecular weight is 540 g/mol. The number of aromatic nitrogens is 4. The minimum atomic E-state index is -4.92. The number of aromatic hydroxyl groups is 1. The second-order valence-corrected chi connectivity index (χ2v) is 11.1. The van der Waals surface area contributed by atoms with Crippen LogP contribution in [0.15, 0.2) is 55.1 Å². The summed E-state index contributed by atoms with van der Waals surface area (Å²) in [5, 5.41) is 21.8. The molecule has 7 nitrogen and oxygen atoms in total. The topological polar surface area (TPSA) is 98.2 Å². The molecule has 1 saturated heterocycles. The summed E-state index contributed by atoms with van der Waals surface area (Å²) in [5.41, 5.74) is -0.408. The van der Waals surface area contributed by atoms with Gasteiger partial charge in [-0.15, -0.1) is 0 Å². The van der Waals surface area contributed by atoms with Crippen molar-refractivity contribution in [3.63, 3.8) is 0 Å².